The summed E-state index contributed by atoms with van der Waals surface area (Å²) in [6.07, 6.45) is 1.64. The molecule has 1 aliphatic rings. The van der Waals surface area contributed by atoms with Crippen molar-refractivity contribution in [2.24, 2.45) is 0 Å². The number of aliphatic hydroxyl groups is 1. The summed E-state index contributed by atoms with van der Waals surface area (Å²) >= 11 is 0. The van der Waals surface area contributed by atoms with Crippen molar-refractivity contribution in [3.05, 3.63) is 0 Å². The Kier molecular flexibility index (Phi) is 4.23. The monoisotopic (exact) mass is 214 g/mol. The summed E-state index contributed by atoms with van der Waals surface area (Å²) < 4.78 is 0. The number of hydrogen-bond acceptors (Lipinski definition) is 4. The molecule has 1 heterocycles. The van der Waals surface area contributed by atoms with Crippen LogP contribution < -0.4 is 5.32 Å². The number of carbonyl (C=O) groups excluding carboxylic acids is 2. The fourth-order valence-corrected chi connectivity index (χ4v) is 1.96. The van der Waals surface area contributed by atoms with Crippen molar-refractivity contribution in [1.29, 1.82) is 0 Å². The maximum Gasteiger partial charge on any atom is 0.243 e. The van der Waals surface area contributed by atoms with Gasteiger partial charge in [0.2, 0.25) is 11.8 Å². The number of imide groups is 1. The van der Waals surface area contributed by atoms with Crippen LogP contribution in [0.2, 0.25) is 0 Å². The van der Waals surface area contributed by atoms with Crippen LogP contribution in [0.3, 0.4) is 0 Å². The molecule has 0 spiro atoms. The fourth-order valence-electron chi connectivity index (χ4n) is 1.96. The molecular weight excluding hydrogens is 196 g/mol. The van der Waals surface area contributed by atoms with Gasteiger partial charge in [0.05, 0.1) is 6.04 Å². The van der Waals surface area contributed by atoms with Crippen molar-refractivity contribution < 1.29 is 14.7 Å². The second-order valence-corrected chi connectivity index (χ2v) is 3.83. The van der Waals surface area contributed by atoms with E-state index in [9.17, 15) is 14.7 Å². The number of amides is 2. The lowest BCUT2D eigenvalue weighted by Gasteiger charge is -2.28. The van der Waals surface area contributed by atoms with Crippen molar-refractivity contribution in [2.75, 3.05) is 6.54 Å². The lowest BCUT2D eigenvalue weighted by atomic mass is 10.2. The molecule has 0 aromatic rings. The smallest absolute Gasteiger partial charge is 0.243 e. The molecule has 0 radical (unpaired) electrons. The van der Waals surface area contributed by atoms with Crippen molar-refractivity contribution in [3.8, 4) is 0 Å². The Morgan fingerprint density at radius 3 is 2.67 bits per heavy atom. The fraction of sp³-hybridized carbons (Fsp3) is 0.800. The van der Waals surface area contributed by atoms with E-state index in [-0.39, 0.29) is 11.8 Å². The minimum atomic E-state index is -0.548. The predicted octanol–water partition coefficient (Wildman–Crippen LogP) is -0.158. The highest BCUT2D eigenvalue weighted by atomic mass is 16.3. The zero-order valence-corrected chi connectivity index (χ0v) is 9.19. The Balaban J connectivity index is 2.61. The van der Waals surface area contributed by atoms with Gasteiger partial charge in [-0.3, -0.25) is 19.8 Å². The standard InChI is InChI=1S/C10H18N2O3/c1-3-8(10(15)11-7(2)13)12-6-4-5-9(12)14/h8-9,14H,3-6H2,1-2H3,(H,11,13,15)/t8-,9?/m0/s1. The molecule has 15 heavy (non-hydrogen) atoms. The first-order valence-corrected chi connectivity index (χ1v) is 5.31. The van der Waals surface area contributed by atoms with Crippen molar-refractivity contribution in [2.45, 2.75) is 45.4 Å². The zero-order chi connectivity index (χ0) is 11.4. The van der Waals surface area contributed by atoms with Crippen molar-refractivity contribution in [1.82, 2.24) is 10.2 Å². The highest BCUT2D eigenvalue weighted by Gasteiger charge is 2.32. The maximum atomic E-state index is 11.6. The van der Waals surface area contributed by atoms with E-state index in [0.29, 0.717) is 19.4 Å². The highest BCUT2D eigenvalue weighted by molar-refractivity contribution is 5.96. The molecule has 1 fully saturated rings. The molecule has 2 atom stereocenters. The van der Waals surface area contributed by atoms with Gasteiger partial charge < -0.3 is 5.11 Å². The molecule has 1 aliphatic heterocycles. The number of likely N-dealkylation sites (tertiary alicyclic amines) is 1. The Morgan fingerprint density at radius 1 is 1.60 bits per heavy atom. The van der Waals surface area contributed by atoms with E-state index in [1.165, 1.54) is 6.92 Å². The van der Waals surface area contributed by atoms with Gasteiger partial charge in [-0.2, -0.15) is 0 Å². The molecule has 2 N–H and O–H groups in total. The summed E-state index contributed by atoms with van der Waals surface area (Å²) in [5.74, 6) is -0.668. The van der Waals surface area contributed by atoms with E-state index in [0.717, 1.165) is 6.42 Å². The summed E-state index contributed by atoms with van der Waals surface area (Å²) in [7, 11) is 0. The number of aliphatic hydroxyl groups excluding tert-OH is 1. The van der Waals surface area contributed by atoms with Gasteiger partial charge in [-0.15, -0.1) is 0 Å². The summed E-state index contributed by atoms with van der Waals surface area (Å²) in [5, 5.41) is 11.9. The average molecular weight is 214 g/mol. The molecule has 2 amide bonds. The number of carbonyl (C=O) groups is 2. The number of nitrogens with one attached hydrogen (secondary N) is 1. The molecule has 86 valence electrons. The summed E-state index contributed by atoms with van der Waals surface area (Å²) in [4.78, 5) is 24.1. The van der Waals surface area contributed by atoms with Crippen molar-refractivity contribution >= 4 is 11.8 Å². The van der Waals surface area contributed by atoms with Gasteiger partial charge in [-0.05, 0) is 19.3 Å². The molecular formula is C10H18N2O3. The average Bonchev–Trinajstić information content (AvgIpc) is 2.52. The third kappa shape index (κ3) is 3.00. The first kappa shape index (κ1) is 12.1. The summed E-state index contributed by atoms with van der Waals surface area (Å²) in [6, 6.07) is -0.397. The van der Waals surface area contributed by atoms with Gasteiger partial charge in [-0.25, -0.2) is 0 Å². The van der Waals surface area contributed by atoms with E-state index in [2.05, 4.69) is 5.32 Å². The lowest BCUT2D eigenvalue weighted by molar-refractivity contribution is -0.135. The third-order valence-electron chi connectivity index (χ3n) is 2.65. The van der Waals surface area contributed by atoms with Crippen LogP contribution in [0.15, 0.2) is 0 Å². The molecule has 0 aliphatic carbocycles. The molecule has 1 unspecified atom stereocenters. The zero-order valence-electron chi connectivity index (χ0n) is 9.19. The molecule has 1 saturated heterocycles. The SMILES string of the molecule is CC[C@@H](C(=O)NC(C)=O)N1CCCC1O. The Labute approximate surface area is 89.4 Å². The first-order valence-electron chi connectivity index (χ1n) is 5.31. The Bertz CT molecular complexity index is 255. The minimum Gasteiger partial charge on any atom is -0.378 e. The van der Waals surface area contributed by atoms with Gasteiger partial charge in [-0.1, -0.05) is 6.92 Å². The second kappa shape index (κ2) is 5.23. The third-order valence-corrected chi connectivity index (χ3v) is 2.65. The van der Waals surface area contributed by atoms with E-state index in [1.807, 2.05) is 6.92 Å². The van der Waals surface area contributed by atoms with Crippen molar-refractivity contribution in [3.63, 3.8) is 0 Å². The normalized spacial score (nSPS) is 23.8. The van der Waals surface area contributed by atoms with E-state index in [4.69, 9.17) is 0 Å². The van der Waals surface area contributed by atoms with Crippen LogP contribution >= 0.6 is 0 Å². The second-order valence-electron chi connectivity index (χ2n) is 3.83. The highest BCUT2D eigenvalue weighted by Crippen LogP contribution is 2.19. The van der Waals surface area contributed by atoms with Gasteiger partial charge in [0.1, 0.15) is 6.23 Å². The van der Waals surface area contributed by atoms with Crippen LogP contribution in [0.4, 0.5) is 0 Å². The van der Waals surface area contributed by atoms with E-state index < -0.39 is 12.3 Å². The van der Waals surface area contributed by atoms with Gasteiger partial charge in [0.15, 0.2) is 0 Å². The van der Waals surface area contributed by atoms with Crippen LogP contribution in [0, 0.1) is 0 Å². The van der Waals surface area contributed by atoms with E-state index in [1.54, 1.807) is 4.90 Å². The van der Waals surface area contributed by atoms with Crippen LogP contribution in [0.25, 0.3) is 0 Å². The van der Waals surface area contributed by atoms with Crippen LogP contribution in [0.1, 0.15) is 33.1 Å². The quantitative estimate of drug-likeness (QED) is 0.685. The molecule has 5 heteroatoms. The molecule has 0 aromatic heterocycles. The van der Waals surface area contributed by atoms with Gasteiger partial charge in [0, 0.05) is 13.5 Å². The van der Waals surface area contributed by atoms with Crippen LogP contribution in [0.5, 0.6) is 0 Å². The summed E-state index contributed by atoms with van der Waals surface area (Å²) in [6.45, 7) is 3.89. The number of nitrogens with zero attached hydrogens (tertiary/aromatic N) is 1. The minimum absolute atomic E-state index is 0.314. The topological polar surface area (TPSA) is 69.6 Å². The summed E-state index contributed by atoms with van der Waals surface area (Å²) in [5.41, 5.74) is 0. The Hall–Kier alpha value is -0.940. The van der Waals surface area contributed by atoms with Gasteiger partial charge >= 0.3 is 0 Å². The maximum absolute atomic E-state index is 11.6. The van der Waals surface area contributed by atoms with Gasteiger partial charge in [0.25, 0.3) is 0 Å². The largest absolute Gasteiger partial charge is 0.378 e. The molecule has 0 aromatic carbocycles. The lowest BCUT2D eigenvalue weighted by Crippen LogP contribution is -2.49. The molecule has 5 nitrogen and oxygen atoms in total. The molecule has 0 saturated carbocycles. The number of hydrogen-bond donors (Lipinski definition) is 2. The van der Waals surface area contributed by atoms with Crippen LogP contribution in [-0.4, -0.2) is 40.6 Å². The number of rotatable bonds is 3. The van der Waals surface area contributed by atoms with Crippen LogP contribution in [-0.2, 0) is 9.59 Å². The Morgan fingerprint density at radius 2 is 2.27 bits per heavy atom. The first-order chi connectivity index (χ1) is 7.06. The van der Waals surface area contributed by atoms with E-state index >= 15 is 0 Å². The predicted molar refractivity (Wildman–Crippen MR) is 54.8 cm³/mol. The molecule has 1 rings (SSSR count). The molecule has 0 bridgehead atoms.